The van der Waals surface area contributed by atoms with Gasteiger partial charge >= 0.3 is 13.5 Å². The van der Waals surface area contributed by atoms with Gasteiger partial charge in [-0.25, -0.2) is 19.3 Å². The van der Waals surface area contributed by atoms with E-state index in [4.69, 9.17) is 24.8 Å². The number of rotatable bonds is 14. The summed E-state index contributed by atoms with van der Waals surface area (Å²) in [6.07, 6.45) is -4.41. The molecule has 0 aliphatic rings. The van der Waals surface area contributed by atoms with Crippen molar-refractivity contribution in [3.8, 4) is 0 Å². The van der Waals surface area contributed by atoms with Gasteiger partial charge in [-0.05, 0) is 32.9 Å². The minimum atomic E-state index is -4.00. The Morgan fingerprint density at radius 2 is 1.92 bits per heavy atom. The average Bonchev–Trinajstić information content (AvgIpc) is 3.33. The number of methoxy groups -OCH3 is 1. The van der Waals surface area contributed by atoms with Gasteiger partial charge in [-0.1, -0.05) is 18.2 Å². The number of benzene rings is 1. The van der Waals surface area contributed by atoms with Crippen molar-refractivity contribution in [2.45, 2.75) is 51.4 Å². The number of hydrogen-bond donors (Lipinski definition) is 4. The highest BCUT2D eigenvalue weighted by Gasteiger charge is 2.35. The van der Waals surface area contributed by atoms with Crippen molar-refractivity contribution in [1.29, 1.82) is 0 Å². The molecule has 16 heteroatoms. The van der Waals surface area contributed by atoms with E-state index in [2.05, 4.69) is 25.4 Å². The smallest absolute Gasteiger partial charge is 0.328 e. The average molecular weight is 570 g/mol. The molecule has 0 spiro atoms. The third-order valence-corrected chi connectivity index (χ3v) is 7.48. The largest absolute Gasteiger partial charge is 0.462 e. The summed E-state index contributed by atoms with van der Waals surface area (Å²) >= 11 is 0. The molecule has 14 nitrogen and oxygen atoms in total. The molecule has 0 bridgehead atoms. The molecule has 0 radical (unpaired) electrons. The summed E-state index contributed by atoms with van der Waals surface area (Å²) in [6, 6.07) is 6.99. The monoisotopic (exact) mass is 569 g/mol. The number of esters is 1. The van der Waals surface area contributed by atoms with Crippen LogP contribution < -0.4 is 21.4 Å². The van der Waals surface area contributed by atoms with E-state index in [1.165, 1.54) is 26.2 Å². The fraction of sp³-hybridized carbons (Fsp3) is 0.478. The second-order valence-electron chi connectivity index (χ2n) is 8.72. The Kier molecular flexibility index (Phi) is 10.3. The molecule has 39 heavy (non-hydrogen) atoms. The molecule has 214 valence electrons. The zero-order valence-electron chi connectivity index (χ0n) is 22.1. The quantitative estimate of drug-likeness (QED) is 0.0952. The molecular weight excluding hydrogens is 536 g/mol. The number of ether oxygens (including phenoxy) is 2. The lowest BCUT2D eigenvalue weighted by molar-refractivity contribution is -0.238. The Labute approximate surface area is 224 Å². The molecule has 0 saturated carbocycles. The number of carbonyl (C=O) groups excluding carboxylic acids is 1. The first-order chi connectivity index (χ1) is 18.5. The van der Waals surface area contributed by atoms with Crippen molar-refractivity contribution in [2.75, 3.05) is 31.8 Å². The highest BCUT2D eigenvalue weighted by Crippen LogP contribution is 2.42. The molecule has 0 aliphatic heterocycles. The topological polar surface area (TPSA) is 185 Å². The van der Waals surface area contributed by atoms with Gasteiger partial charge in [0, 0.05) is 14.2 Å². The van der Waals surface area contributed by atoms with E-state index in [9.17, 15) is 14.5 Å². The Bertz CT molecular complexity index is 1300. The zero-order chi connectivity index (χ0) is 28.7. The summed E-state index contributed by atoms with van der Waals surface area (Å²) in [4.78, 5) is 29.6. The van der Waals surface area contributed by atoms with Crippen LogP contribution in [0.3, 0.4) is 0 Å². The summed E-state index contributed by atoms with van der Waals surface area (Å²) in [7, 11) is -1.17. The van der Waals surface area contributed by atoms with Crippen molar-refractivity contribution in [3.05, 3.63) is 36.7 Å². The van der Waals surface area contributed by atoms with E-state index < -0.39 is 44.6 Å². The molecule has 5 N–H and O–H groups in total. The third kappa shape index (κ3) is 7.26. The number of nitrogens with one attached hydrogen (secondary N) is 2. The number of halogens is 1. The van der Waals surface area contributed by atoms with Gasteiger partial charge in [-0.3, -0.25) is 13.9 Å². The van der Waals surface area contributed by atoms with Crippen LogP contribution in [0.5, 0.6) is 0 Å². The van der Waals surface area contributed by atoms with Gasteiger partial charge in [-0.15, -0.1) is 0 Å². The van der Waals surface area contributed by atoms with Gasteiger partial charge in [0.05, 0.1) is 17.7 Å². The van der Waals surface area contributed by atoms with Crippen molar-refractivity contribution in [2.24, 2.45) is 0 Å². The number of aliphatic hydroxyl groups is 1. The summed E-state index contributed by atoms with van der Waals surface area (Å²) in [5, 5.41) is 16.4. The van der Waals surface area contributed by atoms with Crippen LogP contribution in [0.4, 0.5) is 16.2 Å². The minimum Gasteiger partial charge on any atom is -0.462 e. The molecular formula is C23H33FN7O7P. The van der Waals surface area contributed by atoms with Crippen LogP contribution in [-0.2, 0) is 28.4 Å². The zero-order valence-corrected chi connectivity index (χ0v) is 23.0. The fourth-order valence-corrected chi connectivity index (χ4v) is 5.18. The van der Waals surface area contributed by atoms with E-state index in [0.717, 1.165) is 10.9 Å². The van der Waals surface area contributed by atoms with Gasteiger partial charge in [0.25, 0.3) is 0 Å². The SMILES string of the molecule is CNc1nc(N)nc2c1ncn2[C@H](F)[C@H](O)C(COOP(=O)(N[C@@H](C)C(=O)OC(C)C)c1ccccc1)OC. The van der Waals surface area contributed by atoms with Crippen molar-refractivity contribution < 1.29 is 37.9 Å². The second kappa shape index (κ2) is 13.2. The number of imidazole rings is 1. The van der Waals surface area contributed by atoms with Crippen LogP contribution in [0.15, 0.2) is 36.7 Å². The van der Waals surface area contributed by atoms with Crippen LogP contribution in [-0.4, -0.2) is 75.7 Å². The normalized spacial score (nSPS) is 16.4. The predicted molar refractivity (Wildman–Crippen MR) is 141 cm³/mol. The van der Waals surface area contributed by atoms with Gasteiger partial charge in [-0.2, -0.15) is 14.6 Å². The van der Waals surface area contributed by atoms with Gasteiger partial charge in [0.2, 0.25) is 12.2 Å². The molecule has 3 rings (SSSR count). The van der Waals surface area contributed by atoms with Crippen LogP contribution in [0.1, 0.15) is 27.1 Å². The Hall–Kier alpha value is -3.20. The Balaban J connectivity index is 1.74. The lowest BCUT2D eigenvalue weighted by atomic mass is 10.2. The Morgan fingerprint density at radius 3 is 2.54 bits per heavy atom. The van der Waals surface area contributed by atoms with Gasteiger partial charge in [0.15, 0.2) is 17.0 Å². The molecule has 0 fully saturated rings. The van der Waals surface area contributed by atoms with E-state index in [0.29, 0.717) is 0 Å². The van der Waals surface area contributed by atoms with E-state index in [-0.39, 0.29) is 34.3 Å². The summed E-state index contributed by atoms with van der Waals surface area (Å²) in [5.74, 6) is -0.478. The first-order valence-electron chi connectivity index (χ1n) is 12.0. The number of anilines is 2. The van der Waals surface area contributed by atoms with Crippen LogP contribution in [0.25, 0.3) is 11.2 Å². The first kappa shape index (κ1) is 30.3. The molecule has 2 unspecified atom stereocenters. The maximum absolute atomic E-state index is 15.4. The molecule has 2 heterocycles. The number of nitrogen functional groups attached to an aromatic ring is 1. The summed E-state index contributed by atoms with van der Waals surface area (Å²) in [6.45, 7) is 4.30. The van der Waals surface area contributed by atoms with Crippen LogP contribution >= 0.6 is 7.52 Å². The number of aliphatic hydroxyl groups excluding tert-OH is 1. The molecule has 0 saturated heterocycles. The van der Waals surface area contributed by atoms with E-state index >= 15 is 4.39 Å². The van der Waals surface area contributed by atoms with Crippen molar-refractivity contribution >= 4 is 41.7 Å². The van der Waals surface area contributed by atoms with Crippen LogP contribution in [0.2, 0.25) is 0 Å². The highest BCUT2D eigenvalue weighted by molar-refractivity contribution is 7.64. The second-order valence-corrected chi connectivity index (χ2v) is 10.8. The van der Waals surface area contributed by atoms with E-state index in [1.54, 1.807) is 39.1 Å². The van der Waals surface area contributed by atoms with Gasteiger partial charge in [0.1, 0.15) is 24.9 Å². The number of alkyl halides is 1. The van der Waals surface area contributed by atoms with E-state index in [1.807, 2.05) is 0 Å². The van der Waals surface area contributed by atoms with Crippen molar-refractivity contribution in [3.63, 3.8) is 0 Å². The van der Waals surface area contributed by atoms with Crippen molar-refractivity contribution in [1.82, 2.24) is 24.6 Å². The standard InChI is InChI=1S/C23H33FN7O7P/c1-13(2)37-22(33)14(3)30-39(34,15-9-7-6-8-10-15)38-36-11-16(35-5)18(32)19(24)31-12-27-17-20(26-4)28-23(25)29-21(17)31/h6-10,12-14,16,18-19,32H,11H2,1-5H3,(H,30,34)(H3,25,26,28,29)/t14-,16?,18+,19-,39?/m0/s1. The molecule has 1 aromatic carbocycles. The lowest BCUT2D eigenvalue weighted by Gasteiger charge is -2.26. The minimum absolute atomic E-state index is 0.0467. The fourth-order valence-electron chi connectivity index (χ4n) is 3.51. The van der Waals surface area contributed by atoms with Crippen LogP contribution in [0, 0.1) is 0 Å². The predicted octanol–water partition coefficient (Wildman–Crippen LogP) is 1.69. The lowest BCUT2D eigenvalue weighted by Crippen LogP contribution is -2.39. The summed E-state index contributed by atoms with van der Waals surface area (Å²) < 4.78 is 45.8. The number of nitrogens with zero attached hydrogens (tertiary/aromatic N) is 4. The van der Waals surface area contributed by atoms with Gasteiger partial charge < -0.3 is 25.6 Å². The molecule has 3 aromatic rings. The third-order valence-electron chi connectivity index (χ3n) is 5.46. The summed E-state index contributed by atoms with van der Waals surface area (Å²) in [5.41, 5.74) is 6.00. The molecule has 2 aromatic heterocycles. The number of carbonyl (C=O) groups is 1. The number of aromatic nitrogens is 4. The number of hydrogen-bond acceptors (Lipinski definition) is 12. The maximum Gasteiger partial charge on any atom is 0.328 e. The molecule has 0 amide bonds. The first-order valence-corrected chi connectivity index (χ1v) is 13.6. The number of nitrogens with two attached hydrogens (primary N) is 1. The Morgan fingerprint density at radius 1 is 1.23 bits per heavy atom. The maximum atomic E-state index is 15.4. The molecule has 5 atom stereocenters. The highest BCUT2D eigenvalue weighted by atomic mass is 31.2. The number of fused-ring (bicyclic) bond motifs is 1. The molecule has 0 aliphatic carbocycles.